The normalized spacial score (nSPS) is 14.1. The molecule has 0 atom stereocenters. The maximum absolute atomic E-state index is 12.8. The van der Waals surface area contributed by atoms with Crippen molar-refractivity contribution in [3.05, 3.63) is 70.4 Å². The van der Waals surface area contributed by atoms with Gasteiger partial charge in [-0.15, -0.1) is 0 Å². The molecule has 1 amide bonds. The van der Waals surface area contributed by atoms with Crippen molar-refractivity contribution in [3.8, 4) is 0 Å². The number of carbonyl (C=O) groups excluding carboxylic acids is 1. The first-order chi connectivity index (χ1) is 11.1. The van der Waals surface area contributed by atoms with E-state index in [1.165, 1.54) is 22.0 Å². The number of carbonyl (C=O) groups is 1. The first-order valence-electron chi connectivity index (χ1n) is 7.74. The van der Waals surface area contributed by atoms with Gasteiger partial charge in [0.05, 0.1) is 0 Å². The topological polar surface area (TPSA) is 25.2 Å². The van der Waals surface area contributed by atoms with Crippen LogP contribution in [0.15, 0.2) is 48.7 Å². The maximum atomic E-state index is 12.8. The van der Waals surface area contributed by atoms with Crippen molar-refractivity contribution in [1.29, 1.82) is 0 Å². The van der Waals surface area contributed by atoms with Crippen molar-refractivity contribution in [2.75, 3.05) is 6.54 Å². The maximum Gasteiger partial charge on any atom is 0.254 e. The molecule has 2 aromatic carbocycles. The van der Waals surface area contributed by atoms with E-state index >= 15 is 0 Å². The summed E-state index contributed by atoms with van der Waals surface area (Å²) in [6, 6.07) is 13.5. The molecule has 0 spiro atoms. The van der Waals surface area contributed by atoms with Crippen LogP contribution in [0, 0.1) is 0 Å². The lowest BCUT2D eigenvalue weighted by molar-refractivity contribution is 0.0748. The van der Waals surface area contributed by atoms with Crippen molar-refractivity contribution in [2.45, 2.75) is 13.0 Å². The highest BCUT2D eigenvalue weighted by molar-refractivity contribution is 6.30. The molecule has 1 aliphatic heterocycles. The first-order valence-corrected chi connectivity index (χ1v) is 8.12. The predicted octanol–water partition coefficient (Wildman–Crippen LogP) is 4.03. The highest BCUT2D eigenvalue weighted by atomic mass is 35.5. The van der Waals surface area contributed by atoms with Gasteiger partial charge in [0.2, 0.25) is 0 Å². The van der Waals surface area contributed by atoms with Gasteiger partial charge in [-0.25, -0.2) is 0 Å². The van der Waals surface area contributed by atoms with Gasteiger partial charge < -0.3 is 9.47 Å². The Bertz CT molecular complexity index is 913. The predicted molar refractivity (Wildman–Crippen MR) is 92.8 cm³/mol. The van der Waals surface area contributed by atoms with Gasteiger partial charge in [-0.3, -0.25) is 4.79 Å². The summed E-state index contributed by atoms with van der Waals surface area (Å²) in [5.41, 5.74) is 4.41. The van der Waals surface area contributed by atoms with Crippen molar-refractivity contribution < 1.29 is 4.79 Å². The lowest BCUT2D eigenvalue weighted by atomic mass is 10.1. The van der Waals surface area contributed by atoms with Gasteiger partial charge in [-0.05, 0) is 41.8 Å². The summed E-state index contributed by atoms with van der Waals surface area (Å²) in [5, 5.41) is 1.90. The van der Waals surface area contributed by atoms with Crippen LogP contribution in [-0.4, -0.2) is 21.9 Å². The molecule has 3 aromatic rings. The molecule has 3 nitrogen and oxygen atoms in total. The molecule has 0 aliphatic carbocycles. The van der Waals surface area contributed by atoms with Gasteiger partial charge in [0, 0.05) is 47.8 Å². The van der Waals surface area contributed by atoms with Crippen LogP contribution in [0.4, 0.5) is 0 Å². The van der Waals surface area contributed by atoms with Crippen LogP contribution in [0.25, 0.3) is 10.9 Å². The van der Waals surface area contributed by atoms with Gasteiger partial charge in [0.1, 0.15) is 0 Å². The molecular formula is C19H17ClN2O. The van der Waals surface area contributed by atoms with Gasteiger partial charge >= 0.3 is 0 Å². The smallest absolute Gasteiger partial charge is 0.254 e. The second kappa shape index (κ2) is 5.43. The lowest BCUT2D eigenvalue weighted by Gasteiger charge is -2.21. The third-order valence-electron chi connectivity index (χ3n) is 4.55. The lowest BCUT2D eigenvalue weighted by Crippen LogP contribution is -2.31. The zero-order valence-electron chi connectivity index (χ0n) is 12.9. The Balaban J connectivity index is 1.72. The van der Waals surface area contributed by atoms with Crippen molar-refractivity contribution >= 4 is 28.4 Å². The number of nitrogens with zero attached hydrogens (tertiary/aromatic N) is 2. The molecular weight excluding hydrogens is 308 g/mol. The Labute approximate surface area is 140 Å². The van der Waals surface area contributed by atoms with Crippen molar-refractivity contribution in [1.82, 2.24) is 9.47 Å². The molecule has 116 valence electrons. The minimum Gasteiger partial charge on any atom is -0.350 e. The van der Waals surface area contributed by atoms with Crippen LogP contribution in [0.2, 0.25) is 5.02 Å². The van der Waals surface area contributed by atoms with Crippen LogP contribution in [0.1, 0.15) is 21.5 Å². The largest absolute Gasteiger partial charge is 0.350 e. The Morgan fingerprint density at radius 3 is 2.78 bits per heavy atom. The Morgan fingerprint density at radius 1 is 1.13 bits per heavy atom. The molecule has 0 bridgehead atoms. The molecule has 0 fully saturated rings. The number of aromatic nitrogens is 1. The van der Waals surface area contributed by atoms with E-state index in [1.54, 1.807) is 12.1 Å². The van der Waals surface area contributed by atoms with E-state index in [0.717, 1.165) is 13.0 Å². The number of benzene rings is 2. The number of amides is 1. The van der Waals surface area contributed by atoms with Crippen LogP contribution in [0.3, 0.4) is 0 Å². The molecule has 4 heteroatoms. The molecule has 0 N–H and O–H groups in total. The minimum absolute atomic E-state index is 0.0408. The van der Waals surface area contributed by atoms with Crippen molar-refractivity contribution in [3.63, 3.8) is 0 Å². The fourth-order valence-electron chi connectivity index (χ4n) is 3.46. The number of rotatable bonds is 1. The van der Waals surface area contributed by atoms with Crippen LogP contribution in [0.5, 0.6) is 0 Å². The average molecular weight is 325 g/mol. The summed E-state index contributed by atoms with van der Waals surface area (Å²) in [6.07, 6.45) is 3.06. The number of hydrogen-bond acceptors (Lipinski definition) is 1. The fraction of sp³-hybridized carbons (Fsp3) is 0.211. The number of aryl methyl sites for hydroxylation is 1. The second-order valence-electron chi connectivity index (χ2n) is 6.06. The SMILES string of the molecule is Cn1cc2c3c(cccc31)CN(C(=O)c1cccc(Cl)c1)CC2. The molecule has 1 aliphatic rings. The summed E-state index contributed by atoms with van der Waals surface area (Å²) in [6.45, 7) is 1.36. The van der Waals surface area contributed by atoms with Gasteiger partial charge in [-0.2, -0.15) is 0 Å². The highest BCUT2D eigenvalue weighted by Crippen LogP contribution is 2.29. The van der Waals surface area contributed by atoms with Crippen molar-refractivity contribution in [2.24, 2.45) is 7.05 Å². The molecule has 23 heavy (non-hydrogen) atoms. The molecule has 0 unspecified atom stereocenters. The van der Waals surface area contributed by atoms with E-state index in [4.69, 9.17) is 11.6 Å². The monoisotopic (exact) mass is 324 g/mol. The van der Waals surface area contributed by atoms with Gasteiger partial charge in [-0.1, -0.05) is 29.8 Å². The third-order valence-corrected chi connectivity index (χ3v) is 4.79. The Hall–Kier alpha value is -2.26. The average Bonchev–Trinajstić information content (AvgIpc) is 2.76. The number of hydrogen-bond donors (Lipinski definition) is 0. The summed E-state index contributed by atoms with van der Waals surface area (Å²) in [5.74, 6) is 0.0408. The fourth-order valence-corrected chi connectivity index (χ4v) is 3.65. The second-order valence-corrected chi connectivity index (χ2v) is 6.50. The Kier molecular flexibility index (Phi) is 3.38. The Morgan fingerprint density at radius 2 is 1.96 bits per heavy atom. The van der Waals surface area contributed by atoms with E-state index < -0.39 is 0 Å². The molecule has 4 rings (SSSR count). The molecule has 2 heterocycles. The van der Waals surface area contributed by atoms with E-state index in [1.807, 2.05) is 17.0 Å². The minimum atomic E-state index is 0.0408. The zero-order chi connectivity index (χ0) is 16.0. The van der Waals surface area contributed by atoms with Crippen LogP contribution >= 0.6 is 11.6 Å². The van der Waals surface area contributed by atoms with Crippen LogP contribution in [-0.2, 0) is 20.0 Å². The standard InChI is InChI=1S/C19H17ClN2O/c1-21-11-15-8-9-22(12-14-5-3-7-17(21)18(14)15)19(23)13-4-2-6-16(20)10-13/h2-7,10-11H,8-9,12H2,1H3. The van der Waals surface area contributed by atoms with E-state index in [0.29, 0.717) is 17.1 Å². The van der Waals surface area contributed by atoms with Crippen LogP contribution < -0.4 is 0 Å². The summed E-state index contributed by atoms with van der Waals surface area (Å²) >= 11 is 6.02. The summed E-state index contributed by atoms with van der Waals surface area (Å²) < 4.78 is 2.17. The third kappa shape index (κ3) is 2.41. The quantitative estimate of drug-likeness (QED) is 0.663. The molecule has 0 saturated heterocycles. The van der Waals surface area contributed by atoms with E-state index in [-0.39, 0.29) is 5.91 Å². The number of halogens is 1. The highest BCUT2D eigenvalue weighted by Gasteiger charge is 2.22. The van der Waals surface area contributed by atoms with E-state index in [9.17, 15) is 4.79 Å². The summed E-state index contributed by atoms with van der Waals surface area (Å²) in [7, 11) is 2.08. The van der Waals surface area contributed by atoms with Gasteiger partial charge in [0.25, 0.3) is 5.91 Å². The summed E-state index contributed by atoms with van der Waals surface area (Å²) in [4.78, 5) is 14.7. The van der Waals surface area contributed by atoms with Gasteiger partial charge in [0.15, 0.2) is 0 Å². The molecule has 0 radical (unpaired) electrons. The molecule has 1 aromatic heterocycles. The first kappa shape index (κ1) is 14.3. The zero-order valence-corrected chi connectivity index (χ0v) is 13.7. The molecule has 0 saturated carbocycles. The van der Waals surface area contributed by atoms with E-state index in [2.05, 4.69) is 36.0 Å².